The molecule has 2 aliphatic rings. The molecule has 0 radical (unpaired) electrons. The van der Waals surface area contributed by atoms with Gasteiger partial charge in [0.25, 0.3) is 11.7 Å². The van der Waals surface area contributed by atoms with Gasteiger partial charge in [-0.15, -0.1) is 0 Å². The first-order chi connectivity index (χ1) is 14.9. The maximum absolute atomic E-state index is 13.2. The summed E-state index contributed by atoms with van der Waals surface area (Å²) in [6.45, 7) is 4.09. The van der Waals surface area contributed by atoms with Gasteiger partial charge in [0.15, 0.2) is 0 Å². The van der Waals surface area contributed by atoms with Crippen LogP contribution in [0.25, 0.3) is 5.76 Å². The highest BCUT2D eigenvalue weighted by molar-refractivity contribution is 6.46. The monoisotopic (exact) mass is 419 g/mol. The largest absolute Gasteiger partial charge is 0.507 e. The van der Waals surface area contributed by atoms with Crippen LogP contribution < -0.4 is 4.74 Å². The van der Waals surface area contributed by atoms with Crippen molar-refractivity contribution in [3.05, 3.63) is 70.8 Å². The molecule has 5 nitrogen and oxygen atoms in total. The predicted octanol–water partition coefficient (Wildman–Crippen LogP) is 5.18. The molecule has 31 heavy (non-hydrogen) atoms. The molecule has 1 aliphatic carbocycles. The number of benzene rings is 2. The van der Waals surface area contributed by atoms with Crippen LogP contribution in [0.4, 0.5) is 0 Å². The van der Waals surface area contributed by atoms with E-state index < -0.39 is 17.7 Å². The number of nitrogens with zero attached hydrogens (tertiary/aromatic N) is 1. The highest BCUT2D eigenvalue weighted by Crippen LogP contribution is 2.43. The van der Waals surface area contributed by atoms with E-state index in [1.165, 1.54) is 0 Å². The maximum Gasteiger partial charge on any atom is 0.295 e. The molecule has 1 amide bonds. The molecule has 1 saturated heterocycles. The molecule has 1 N–H and O–H groups in total. The van der Waals surface area contributed by atoms with E-state index in [-0.39, 0.29) is 23.3 Å². The van der Waals surface area contributed by atoms with Crippen molar-refractivity contribution in [2.75, 3.05) is 7.11 Å². The quantitative estimate of drug-likeness (QED) is 0.412. The molecule has 2 fully saturated rings. The van der Waals surface area contributed by atoms with Gasteiger partial charge in [-0.1, -0.05) is 57.0 Å². The summed E-state index contributed by atoms with van der Waals surface area (Å²) in [4.78, 5) is 28.0. The molecule has 1 unspecified atom stereocenters. The van der Waals surface area contributed by atoms with Crippen LogP contribution in [0.5, 0.6) is 5.75 Å². The molecule has 1 atom stereocenters. The number of Topliss-reactive ketones (excluding diaryl/α,β-unsaturated/α-hetero) is 1. The number of hydrogen-bond acceptors (Lipinski definition) is 4. The Morgan fingerprint density at radius 1 is 1.06 bits per heavy atom. The molecular formula is C26H29NO4. The van der Waals surface area contributed by atoms with Gasteiger partial charge in [-0.2, -0.15) is 0 Å². The Bertz CT molecular complexity index is 1020. The molecule has 2 aromatic rings. The van der Waals surface area contributed by atoms with E-state index in [1.54, 1.807) is 24.1 Å². The fourth-order valence-corrected chi connectivity index (χ4v) is 4.86. The lowest BCUT2D eigenvalue weighted by atomic mass is 9.93. The van der Waals surface area contributed by atoms with Crippen molar-refractivity contribution in [3.63, 3.8) is 0 Å². The van der Waals surface area contributed by atoms with Gasteiger partial charge in [-0.25, -0.2) is 0 Å². The van der Waals surface area contributed by atoms with Gasteiger partial charge in [0, 0.05) is 11.6 Å². The Balaban J connectivity index is 1.88. The number of likely N-dealkylation sites (tertiary alicyclic amines) is 1. The topological polar surface area (TPSA) is 66.8 Å². The van der Waals surface area contributed by atoms with E-state index in [0.717, 1.165) is 42.6 Å². The summed E-state index contributed by atoms with van der Waals surface area (Å²) in [5.41, 5.74) is 2.47. The van der Waals surface area contributed by atoms with Crippen LogP contribution in [0.15, 0.2) is 54.1 Å². The predicted molar refractivity (Wildman–Crippen MR) is 120 cm³/mol. The van der Waals surface area contributed by atoms with Crippen LogP contribution in [0.1, 0.15) is 68.2 Å². The number of ether oxygens (including phenoxy) is 1. The van der Waals surface area contributed by atoms with Crippen molar-refractivity contribution in [3.8, 4) is 5.75 Å². The molecule has 0 aromatic heterocycles. The van der Waals surface area contributed by atoms with Crippen LogP contribution in [0.3, 0.4) is 0 Å². The van der Waals surface area contributed by atoms with E-state index in [4.69, 9.17) is 4.74 Å². The summed E-state index contributed by atoms with van der Waals surface area (Å²) in [7, 11) is 1.61. The molecule has 4 rings (SSSR count). The molecule has 1 saturated carbocycles. The average Bonchev–Trinajstić information content (AvgIpc) is 3.40. The van der Waals surface area contributed by atoms with Crippen LogP contribution in [0.2, 0.25) is 0 Å². The van der Waals surface area contributed by atoms with Crippen LogP contribution in [0, 0.1) is 0 Å². The van der Waals surface area contributed by atoms with E-state index in [0.29, 0.717) is 5.56 Å². The number of amides is 1. The zero-order valence-corrected chi connectivity index (χ0v) is 18.3. The highest BCUT2D eigenvalue weighted by atomic mass is 16.5. The Labute approximate surface area is 183 Å². The molecule has 2 aromatic carbocycles. The zero-order valence-electron chi connectivity index (χ0n) is 18.3. The summed E-state index contributed by atoms with van der Waals surface area (Å²) < 4.78 is 5.45. The second-order valence-electron chi connectivity index (χ2n) is 8.67. The first-order valence-corrected chi connectivity index (χ1v) is 11.0. The standard InChI is InChI=1S/C26H29NO4/c1-16(2)20-15-18(13-14-21(20)31-3)24(28)22-23(17-9-5-4-6-10-17)27(26(30)25(22)29)19-11-7-8-12-19/h4-6,9-10,13-16,19,23,28H,7-8,11-12H2,1-3H3/b24-22-. The molecule has 1 aliphatic heterocycles. The number of carbonyl (C=O) groups is 2. The number of carbonyl (C=O) groups excluding carboxylic acids is 2. The van der Waals surface area contributed by atoms with Crippen molar-refractivity contribution in [2.24, 2.45) is 0 Å². The van der Waals surface area contributed by atoms with Crippen LogP contribution >= 0.6 is 0 Å². The van der Waals surface area contributed by atoms with E-state index in [9.17, 15) is 14.7 Å². The summed E-state index contributed by atoms with van der Waals surface area (Å²) >= 11 is 0. The Morgan fingerprint density at radius 3 is 2.35 bits per heavy atom. The Kier molecular flexibility index (Phi) is 5.86. The summed E-state index contributed by atoms with van der Waals surface area (Å²) in [6.07, 6.45) is 3.86. The van der Waals surface area contributed by atoms with E-state index in [2.05, 4.69) is 0 Å². The van der Waals surface area contributed by atoms with Gasteiger partial charge in [-0.3, -0.25) is 9.59 Å². The minimum Gasteiger partial charge on any atom is -0.507 e. The third-order valence-corrected chi connectivity index (χ3v) is 6.44. The third kappa shape index (κ3) is 3.73. The van der Waals surface area contributed by atoms with E-state index >= 15 is 0 Å². The van der Waals surface area contributed by atoms with Gasteiger partial charge >= 0.3 is 0 Å². The highest BCUT2D eigenvalue weighted by Gasteiger charge is 2.49. The lowest BCUT2D eigenvalue weighted by molar-refractivity contribution is -0.141. The average molecular weight is 420 g/mol. The van der Waals surface area contributed by atoms with Crippen molar-refractivity contribution in [1.29, 1.82) is 0 Å². The summed E-state index contributed by atoms with van der Waals surface area (Å²) in [6, 6.07) is 14.4. The third-order valence-electron chi connectivity index (χ3n) is 6.44. The molecule has 0 bridgehead atoms. The van der Waals surface area contributed by atoms with Gasteiger partial charge < -0.3 is 14.7 Å². The SMILES string of the molecule is COc1ccc(/C(O)=C2/C(=O)C(=O)N(C3CCCC3)C2c2ccccc2)cc1C(C)C. The second kappa shape index (κ2) is 8.58. The van der Waals surface area contributed by atoms with Gasteiger partial charge in [0.2, 0.25) is 0 Å². The van der Waals surface area contributed by atoms with Gasteiger partial charge in [0.1, 0.15) is 11.5 Å². The first-order valence-electron chi connectivity index (χ1n) is 11.0. The molecule has 1 heterocycles. The van der Waals surface area contributed by atoms with Gasteiger partial charge in [0.05, 0.1) is 18.7 Å². The molecule has 162 valence electrons. The van der Waals surface area contributed by atoms with E-state index in [1.807, 2.05) is 50.2 Å². The number of aliphatic hydroxyl groups excluding tert-OH is 1. The van der Waals surface area contributed by atoms with Crippen molar-refractivity contribution >= 4 is 17.4 Å². The minimum absolute atomic E-state index is 0.0223. The lowest BCUT2D eigenvalue weighted by Crippen LogP contribution is -2.37. The Morgan fingerprint density at radius 2 is 1.74 bits per heavy atom. The normalized spacial score (nSPS) is 21.3. The van der Waals surface area contributed by atoms with Crippen molar-refractivity contribution in [1.82, 2.24) is 4.90 Å². The van der Waals surface area contributed by atoms with Crippen LogP contribution in [-0.4, -0.2) is 34.8 Å². The fraction of sp³-hybridized carbons (Fsp3) is 0.385. The molecule has 0 spiro atoms. The van der Waals surface area contributed by atoms with Crippen molar-refractivity contribution < 1.29 is 19.4 Å². The number of hydrogen-bond donors (Lipinski definition) is 1. The Hall–Kier alpha value is -3.08. The number of rotatable bonds is 5. The molecule has 5 heteroatoms. The number of ketones is 1. The number of aliphatic hydroxyl groups is 1. The molecular weight excluding hydrogens is 390 g/mol. The summed E-state index contributed by atoms with van der Waals surface area (Å²) in [5.74, 6) is -0.344. The fourth-order valence-electron chi connectivity index (χ4n) is 4.86. The second-order valence-corrected chi connectivity index (χ2v) is 8.67. The number of methoxy groups -OCH3 is 1. The first kappa shape index (κ1) is 21.2. The summed E-state index contributed by atoms with van der Waals surface area (Å²) in [5, 5.41) is 11.3. The smallest absolute Gasteiger partial charge is 0.295 e. The lowest BCUT2D eigenvalue weighted by Gasteiger charge is -2.30. The zero-order chi connectivity index (χ0) is 22.1. The van der Waals surface area contributed by atoms with Gasteiger partial charge in [-0.05, 0) is 48.1 Å². The van der Waals surface area contributed by atoms with Crippen molar-refractivity contribution in [2.45, 2.75) is 57.5 Å². The van der Waals surface area contributed by atoms with Crippen LogP contribution in [-0.2, 0) is 9.59 Å². The minimum atomic E-state index is -0.611. The maximum atomic E-state index is 13.2.